The Hall–Kier alpha value is -3.29. The van der Waals surface area contributed by atoms with E-state index in [2.05, 4.69) is 21.4 Å². The molecule has 0 fully saturated rings. The number of fused-ring (bicyclic) bond motifs is 1. The van der Waals surface area contributed by atoms with Gasteiger partial charge in [-0.25, -0.2) is 5.43 Å². The molecular weight excluding hydrogens is 451 g/mol. The van der Waals surface area contributed by atoms with E-state index in [-0.39, 0.29) is 16.3 Å². The standard InChI is InChI=1S/C23H20Cl2N4O3/c1-13-20-18(27-28-22(30)16-11-10-14(24)12-17(16)25)8-5-9-19(20)32-21(13)23(31)29-26-15-6-3-2-4-7-15/h2-4,6-7,10-12,26H,5,8-9H2,1H3,(H,28,30)(H,29,31)/b27-18+. The lowest BCUT2D eigenvalue weighted by molar-refractivity contribution is 0.0930. The van der Waals surface area contributed by atoms with Gasteiger partial charge < -0.3 is 4.42 Å². The minimum atomic E-state index is -0.447. The Morgan fingerprint density at radius 3 is 2.56 bits per heavy atom. The van der Waals surface area contributed by atoms with Crippen LogP contribution in [0.15, 0.2) is 58.0 Å². The van der Waals surface area contributed by atoms with Crippen molar-refractivity contribution in [1.29, 1.82) is 0 Å². The van der Waals surface area contributed by atoms with E-state index in [1.54, 1.807) is 13.0 Å². The van der Waals surface area contributed by atoms with Crippen LogP contribution in [0.2, 0.25) is 10.0 Å². The number of nitrogens with one attached hydrogen (secondary N) is 3. The Morgan fingerprint density at radius 1 is 1.03 bits per heavy atom. The normalized spacial score (nSPS) is 14.0. The molecule has 0 saturated carbocycles. The second-order valence-corrected chi connectivity index (χ2v) is 8.12. The van der Waals surface area contributed by atoms with Crippen molar-refractivity contribution in [2.75, 3.05) is 5.43 Å². The van der Waals surface area contributed by atoms with Crippen LogP contribution in [-0.4, -0.2) is 17.5 Å². The first kappa shape index (κ1) is 21.9. The van der Waals surface area contributed by atoms with E-state index < -0.39 is 11.8 Å². The molecule has 3 N–H and O–H groups in total. The van der Waals surface area contributed by atoms with Crippen molar-refractivity contribution in [3.63, 3.8) is 0 Å². The molecule has 0 unspecified atom stereocenters. The molecule has 4 rings (SSSR count). The summed E-state index contributed by atoms with van der Waals surface area (Å²) < 4.78 is 5.86. The maximum absolute atomic E-state index is 12.7. The third-order valence-corrected chi connectivity index (χ3v) is 5.64. The number of anilines is 1. The molecule has 0 radical (unpaired) electrons. The minimum Gasteiger partial charge on any atom is -0.455 e. The summed E-state index contributed by atoms with van der Waals surface area (Å²) in [7, 11) is 0. The Kier molecular flexibility index (Phi) is 6.48. The molecule has 7 nitrogen and oxygen atoms in total. The first-order chi connectivity index (χ1) is 15.4. The summed E-state index contributed by atoms with van der Waals surface area (Å²) in [5.41, 5.74) is 11.2. The molecule has 0 aliphatic heterocycles. The number of hydrazone groups is 1. The van der Waals surface area contributed by atoms with Crippen LogP contribution in [0.4, 0.5) is 5.69 Å². The predicted molar refractivity (Wildman–Crippen MR) is 124 cm³/mol. The van der Waals surface area contributed by atoms with Gasteiger partial charge in [-0.1, -0.05) is 41.4 Å². The van der Waals surface area contributed by atoms with E-state index in [9.17, 15) is 9.59 Å². The molecule has 2 aromatic carbocycles. The molecule has 1 aromatic heterocycles. The van der Waals surface area contributed by atoms with Gasteiger partial charge in [0.25, 0.3) is 5.91 Å². The van der Waals surface area contributed by atoms with Crippen molar-refractivity contribution < 1.29 is 14.0 Å². The highest BCUT2D eigenvalue weighted by molar-refractivity contribution is 6.36. The molecule has 2 amide bonds. The number of carbonyl (C=O) groups excluding carboxylic acids is 2. The number of nitrogens with zero attached hydrogens (tertiary/aromatic N) is 1. The summed E-state index contributed by atoms with van der Waals surface area (Å²) >= 11 is 12.0. The first-order valence-corrected chi connectivity index (χ1v) is 10.8. The molecule has 0 atom stereocenters. The average Bonchev–Trinajstić information content (AvgIpc) is 3.14. The molecule has 9 heteroatoms. The monoisotopic (exact) mass is 470 g/mol. The third kappa shape index (κ3) is 4.64. The zero-order valence-electron chi connectivity index (χ0n) is 17.2. The van der Waals surface area contributed by atoms with Crippen molar-refractivity contribution >= 4 is 46.4 Å². The minimum absolute atomic E-state index is 0.208. The van der Waals surface area contributed by atoms with Crippen molar-refractivity contribution in [2.45, 2.75) is 26.2 Å². The van der Waals surface area contributed by atoms with Crippen molar-refractivity contribution in [2.24, 2.45) is 5.10 Å². The number of hydrazine groups is 1. The molecule has 0 saturated heterocycles. The van der Waals surface area contributed by atoms with Gasteiger partial charge in [0.05, 0.1) is 22.0 Å². The number of halogens is 2. The number of amides is 2. The Bertz CT molecular complexity index is 1210. The first-order valence-electron chi connectivity index (χ1n) is 10.00. The Labute approximate surface area is 194 Å². The van der Waals surface area contributed by atoms with E-state index in [0.29, 0.717) is 34.9 Å². The van der Waals surface area contributed by atoms with Gasteiger partial charge in [-0.15, -0.1) is 0 Å². The molecular formula is C23H20Cl2N4O3. The fraction of sp³-hybridized carbons (Fsp3) is 0.174. The molecule has 0 spiro atoms. The van der Waals surface area contributed by atoms with Crippen LogP contribution in [-0.2, 0) is 6.42 Å². The van der Waals surface area contributed by atoms with Gasteiger partial charge in [0.2, 0.25) is 0 Å². The summed E-state index contributed by atoms with van der Waals surface area (Å²) in [5, 5.41) is 4.99. The van der Waals surface area contributed by atoms with Crippen molar-refractivity contribution in [1.82, 2.24) is 10.9 Å². The van der Waals surface area contributed by atoms with Gasteiger partial charge in [0.15, 0.2) is 5.76 Å². The van der Waals surface area contributed by atoms with Crippen LogP contribution in [0.25, 0.3) is 0 Å². The van der Waals surface area contributed by atoms with E-state index in [4.69, 9.17) is 27.6 Å². The lowest BCUT2D eigenvalue weighted by atomic mass is 9.93. The van der Waals surface area contributed by atoms with Gasteiger partial charge in [-0.05, 0) is 50.1 Å². The largest absolute Gasteiger partial charge is 0.455 e. The Morgan fingerprint density at radius 2 is 1.81 bits per heavy atom. The van der Waals surface area contributed by atoms with E-state index in [1.165, 1.54) is 12.1 Å². The van der Waals surface area contributed by atoms with Crippen LogP contribution in [0.3, 0.4) is 0 Å². The number of carbonyl (C=O) groups is 2. The SMILES string of the molecule is Cc1c(C(=O)NNc2ccccc2)oc2c1/C(=N/NC(=O)c1ccc(Cl)cc1Cl)CCC2. The van der Waals surface area contributed by atoms with Gasteiger partial charge in [-0.3, -0.25) is 20.4 Å². The van der Waals surface area contributed by atoms with Gasteiger partial charge >= 0.3 is 5.91 Å². The van der Waals surface area contributed by atoms with Crippen LogP contribution in [0, 0.1) is 6.92 Å². The lowest BCUT2D eigenvalue weighted by Crippen LogP contribution is -2.29. The fourth-order valence-corrected chi connectivity index (χ4v) is 4.05. The summed E-state index contributed by atoms with van der Waals surface area (Å²) in [6, 6.07) is 13.9. The summed E-state index contributed by atoms with van der Waals surface area (Å²) in [4.78, 5) is 25.2. The number of furan rings is 1. The zero-order valence-corrected chi connectivity index (χ0v) is 18.7. The molecule has 1 aliphatic rings. The number of benzene rings is 2. The smallest absolute Gasteiger partial charge is 0.305 e. The number of aryl methyl sites for hydroxylation is 1. The number of hydrogen-bond donors (Lipinski definition) is 3. The quantitative estimate of drug-likeness (QED) is 0.450. The molecule has 32 heavy (non-hydrogen) atoms. The lowest BCUT2D eigenvalue weighted by Gasteiger charge is -2.13. The van der Waals surface area contributed by atoms with Crippen LogP contribution in [0.5, 0.6) is 0 Å². The molecule has 0 bridgehead atoms. The van der Waals surface area contributed by atoms with Gasteiger partial charge in [-0.2, -0.15) is 5.10 Å². The molecule has 1 heterocycles. The van der Waals surface area contributed by atoms with Crippen LogP contribution >= 0.6 is 23.2 Å². The second kappa shape index (κ2) is 9.46. The summed E-state index contributed by atoms with van der Waals surface area (Å²) in [6.07, 6.45) is 2.12. The van der Waals surface area contributed by atoms with Crippen molar-refractivity contribution in [3.8, 4) is 0 Å². The topological polar surface area (TPSA) is 95.7 Å². The van der Waals surface area contributed by atoms with Gasteiger partial charge in [0, 0.05) is 22.6 Å². The fourth-order valence-electron chi connectivity index (χ4n) is 3.56. The van der Waals surface area contributed by atoms with E-state index in [0.717, 1.165) is 17.7 Å². The van der Waals surface area contributed by atoms with E-state index in [1.807, 2.05) is 30.3 Å². The summed E-state index contributed by atoms with van der Waals surface area (Å²) in [6.45, 7) is 1.80. The van der Waals surface area contributed by atoms with Crippen molar-refractivity contribution in [3.05, 3.63) is 86.8 Å². The third-order valence-electron chi connectivity index (χ3n) is 5.09. The Balaban J connectivity index is 1.52. The molecule has 1 aliphatic carbocycles. The van der Waals surface area contributed by atoms with Crippen LogP contribution < -0.4 is 16.3 Å². The highest BCUT2D eigenvalue weighted by atomic mass is 35.5. The average molecular weight is 471 g/mol. The van der Waals surface area contributed by atoms with Crippen LogP contribution in [0.1, 0.15) is 50.6 Å². The maximum atomic E-state index is 12.7. The highest BCUT2D eigenvalue weighted by Gasteiger charge is 2.28. The van der Waals surface area contributed by atoms with E-state index >= 15 is 0 Å². The molecule has 164 valence electrons. The predicted octanol–water partition coefficient (Wildman–Crippen LogP) is 5.12. The number of hydrogen-bond acceptors (Lipinski definition) is 5. The summed E-state index contributed by atoms with van der Waals surface area (Å²) in [5.74, 6) is 0.0470. The zero-order chi connectivity index (χ0) is 22.7. The number of rotatable bonds is 5. The number of para-hydroxylation sites is 1. The van der Waals surface area contributed by atoms with Gasteiger partial charge in [0.1, 0.15) is 5.76 Å². The second-order valence-electron chi connectivity index (χ2n) is 7.28. The maximum Gasteiger partial charge on any atom is 0.305 e. The molecule has 3 aromatic rings. The highest BCUT2D eigenvalue weighted by Crippen LogP contribution is 2.30.